The van der Waals surface area contributed by atoms with Gasteiger partial charge in [0.05, 0.1) is 30.0 Å². The Bertz CT molecular complexity index is 800. The molecule has 9 heteroatoms. The number of nitrogens with zero attached hydrogens (tertiary/aromatic N) is 1. The lowest BCUT2D eigenvalue weighted by molar-refractivity contribution is -0.255. The van der Waals surface area contributed by atoms with Crippen molar-refractivity contribution in [2.24, 2.45) is 5.10 Å². The first kappa shape index (κ1) is 18.5. The van der Waals surface area contributed by atoms with Crippen LogP contribution in [0.1, 0.15) is 15.9 Å². The zero-order valence-electron chi connectivity index (χ0n) is 12.8. The third-order valence-corrected chi connectivity index (χ3v) is 3.33. The van der Waals surface area contributed by atoms with Crippen LogP contribution < -0.4 is 20.0 Å². The topological polar surface area (TPSA) is 83.0 Å². The molecule has 0 radical (unpaired) electrons. The minimum absolute atomic E-state index is 0.0702. The van der Waals surface area contributed by atoms with E-state index in [0.29, 0.717) is 5.56 Å². The summed E-state index contributed by atoms with van der Waals surface area (Å²) < 4.78 is 34.1. The van der Waals surface area contributed by atoms with E-state index in [4.69, 9.17) is 16.3 Å². The monoisotopic (exact) mass is 369 g/mol. The average Bonchev–Trinajstić information content (AvgIpc) is 2.56. The van der Waals surface area contributed by atoms with Crippen molar-refractivity contribution in [3.63, 3.8) is 0 Å². The van der Waals surface area contributed by atoms with Crippen LogP contribution in [-0.4, -0.2) is 25.9 Å². The Labute approximate surface area is 146 Å². The molecule has 0 atom stereocenters. The number of hydrogen-bond acceptors (Lipinski definition) is 6. The van der Waals surface area contributed by atoms with E-state index in [1.807, 2.05) is 0 Å². The molecule has 0 amide bonds. The summed E-state index contributed by atoms with van der Waals surface area (Å²) in [6.07, 6.45) is 1.32. The first-order chi connectivity index (χ1) is 11.9. The maximum absolute atomic E-state index is 12.4. The normalized spacial score (nSPS) is 10.9. The summed E-state index contributed by atoms with van der Waals surface area (Å²) in [7, 11) is 1.33. The molecular formula is C16H12ClF2N2O4-. The van der Waals surface area contributed by atoms with Gasteiger partial charge < -0.3 is 19.4 Å². The third kappa shape index (κ3) is 5.05. The number of alkyl halides is 2. The van der Waals surface area contributed by atoms with Gasteiger partial charge in [-0.2, -0.15) is 13.9 Å². The Hall–Kier alpha value is -2.87. The number of benzene rings is 2. The fraction of sp³-hybridized carbons (Fsp3) is 0.125. The highest BCUT2D eigenvalue weighted by Gasteiger charge is 2.10. The molecule has 2 aromatic rings. The van der Waals surface area contributed by atoms with Crippen LogP contribution in [0.3, 0.4) is 0 Å². The minimum Gasteiger partial charge on any atom is -0.545 e. The molecule has 0 aromatic heterocycles. The smallest absolute Gasteiger partial charge is 0.387 e. The first-order valence-corrected chi connectivity index (χ1v) is 7.21. The molecule has 0 bridgehead atoms. The SMILES string of the molecule is COc1ccc(/C=N\Nc2cc(C(=O)[O-])ccc2Cl)cc1OC(F)F. The van der Waals surface area contributed by atoms with Crippen molar-refractivity contribution in [2.75, 3.05) is 12.5 Å². The summed E-state index contributed by atoms with van der Waals surface area (Å²) >= 11 is 5.94. The van der Waals surface area contributed by atoms with Gasteiger partial charge in [-0.15, -0.1) is 0 Å². The van der Waals surface area contributed by atoms with Gasteiger partial charge in [-0.25, -0.2) is 0 Å². The molecule has 0 aliphatic carbocycles. The van der Waals surface area contributed by atoms with Crippen molar-refractivity contribution in [2.45, 2.75) is 6.61 Å². The van der Waals surface area contributed by atoms with E-state index in [-0.39, 0.29) is 27.8 Å². The minimum atomic E-state index is -3.00. The lowest BCUT2D eigenvalue weighted by Gasteiger charge is -2.10. The molecule has 0 aliphatic rings. The number of aromatic carboxylic acids is 1. The fourth-order valence-electron chi connectivity index (χ4n) is 1.88. The molecule has 2 rings (SSSR count). The maximum Gasteiger partial charge on any atom is 0.387 e. The Morgan fingerprint density at radius 1 is 1.28 bits per heavy atom. The van der Waals surface area contributed by atoms with Gasteiger partial charge in [0.15, 0.2) is 11.5 Å². The molecule has 0 aliphatic heterocycles. The molecule has 0 saturated heterocycles. The van der Waals surface area contributed by atoms with Crippen LogP contribution in [0.4, 0.5) is 14.5 Å². The predicted molar refractivity (Wildman–Crippen MR) is 86.6 cm³/mol. The summed E-state index contributed by atoms with van der Waals surface area (Å²) in [5.74, 6) is -1.35. The van der Waals surface area contributed by atoms with Gasteiger partial charge >= 0.3 is 6.61 Å². The predicted octanol–water partition coefficient (Wildman–Crippen LogP) is 2.76. The number of anilines is 1. The maximum atomic E-state index is 12.4. The number of carboxylic acids is 1. The van der Waals surface area contributed by atoms with Crippen LogP contribution in [0.15, 0.2) is 41.5 Å². The van der Waals surface area contributed by atoms with Gasteiger partial charge in [0, 0.05) is 0 Å². The number of carbonyl (C=O) groups excluding carboxylic acids is 1. The first-order valence-electron chi connectivity index (χ1n) is 6.83. The number of carboxylic acid groups (broad SMARTS) is 1. The molecule has 0 fully saturated rings. The zero-order valence-corrected chi connectivity index (χ0v) is 13.6. The van der Waals surface area contributed by atoms with Crippen LogP contribution in [0.5, 0.6) is 11.5 Å². The van der Waals surface area contributed by atoms with Gasteiger partial charge in [-0.05, 0) is 41.5 Å². The zero-order chi connectivity index (χ0) is 18.4. The van der Waals surface area contributed by atoms with Gasteiger partial charge in [-0.1, -0.05) is 17.7 Å². The quantitative estimate of drug-likeness (QED) is 0.599. The largest absolute Gasteiger partial charge is 0.545 e. The lowest BCUT2D eigenvalue weighted by atomic mass is 10.2. The second-order valence-corrected chi connectivity index (χ2v) is 5.05. The van der Waals surface area contributed by atoms with Crippen LogP contribution in [-0.2, 0) is 0 Å². The van der Waals surface area contributed by atoms with E-state index in [9.17, 15) is 18.7 Å². The molecule has 6 nitrogen and oxygen atoms in total. The summed E-state index contributed by atoms with van der Waals surface area (Å²) in [6, 6.07) is 8.27. The number of carbonyl (C=O) groups is 1. The van der Waals surface area contributed by atoms with Crippen LogP contribution >= 0.6 is 11.6 Å². The Balaban J connectivity index is 2.17. The Kier molecular flexibility index (Phi) is 6.13. The van der Waals surface area contributed by atoms with E-state index in [0.717, 1.165) is 0 Å². The molecule has 2 aromatic carbocycles. The second-order valence-electron chi connectivity index (χ2n) is 4.64. The molecule has 1 N–H and O–H groups in total. The number of halogens is 3. The average molecular weight is 370 g/mol. The second kappa shape index (κ2) is 8.29. The third-order valence-electron chi connectivity index (χ3n) is 3.00. The molecule has 0 spiro atoms. The number of methoxy groups -OCH3 is 1. The molecular weight excluding hydrogens is 358 g/mol. The Morgan fingerprint density at radius 2 is 2.04 bits per heavy atom. The number of nitrogens with one attached hydrogen (secondary N) is 1. The molecule has 0 saturated carbocycles. The molecule has 25 heavy (non-hydrogen) atoms. The van der Waals surface area contributed by atoms with Crippen molar-refractivity contribution < 1.29 is 28.2 Å². The van der Waals surface area contributed by atoms with Gasteiger partial charge in [0.25, 0.3) is 0 Å². The fourth-order valence-corrected chi connectivity index (χ4v) is 2.04. The van der Waals surface area contributed by atoms with E-state index >= 15 is 0 Å². The van der Waals surface area contributed by atoms with Crippen molar-refractivity contribution in [3.05, 3.63) is 52.5 Å². The van der Waals surface area contributed by atoms with Gasteiger partial charge in [0.2, 0.25) is 0 Å². The number of rotatable bonds is 7. The number of hydrogen-bond donors (Lipinski definition) is 1. The highest BCUT2D eigenvalue weighted by molar-refractivity contribution is 6.33. The lowest BCUT2D eigenvalue weighted by Crippen LogP contribution is -2.22. The van der Waals surface area contributed by atoms with Crippen LogP contribution in [0.25, 0.3) is 0 Å². The van der Waals surface area contributed by atoms with Crippen LogP contribution in [0.2, 0.25) is 5.02 Å². The summed E-state index contributed by atoms with van der Waals surface area (Å²) in [5.41, 5.74) is 3.19. The van der Waals surface area contributed by atoms with Crippen molar-refractivity contribution in [3.8, 4) is 11.5 Å². The van der Waals surface area contributed by atoms with E-state index in [1.165, 1.54) is 43.7 Å². The Morgan fingerprint density at radius 3 is 2.68 bits per heavy atom. The van der Waals surface area contributed by atoms with Gasteiger partial charge in [0.1, 0.15) is 0 Å². The summed E-state index contributed by atoms with van der Waals surface area (Å²) in [6.45, 7) is -3.00. The van der Waals surface area contributed by atoms with E-state index in [1.54, 1.807) is 6.07 Å². The van der Waals surface area contributed by atoms with Crippen molar-refractivity contribution in [1.29, 1.82) is 0 Å². The standard InChI is InChI=1S/C16H13ClF2N2O4/c1-24-13-5-2-9(6-14(13)25-16(18)19)8-20-21-12-7-10(15(22)23)3-4-11(12)17/h2-8,16,21H,1H3,(H,22,23)/p-1/b20-8-. The highest BCUT2D eigenvalue weighted by Crippen LogP contribution is 2.29. The molecule has 0 heterocycles. The summed E-state index contributed by atoms with van der Waals surface area (Å²) in [4.78, 5) is 10.8. The molecule has 132 valence electrons. The molecule has 0 unspecified atom stereocenters. The number of hydrazone groups is 1. The van der Waals surface area contributed by atoms with Crippen molar-refractivity contribution in [1.82, 2.24) is 0 Å². The number of ether oxygens (including phenoxy) is 2. The van der Waals surface area contributed by atoms with Crippen LogP contribution in [0, 0.1) is 0 Å². The van der Waals surface area contributed by atoms with Crippen molar-refractivity contribution >= 4 is 29.5 Å². The highest BCUT2D eigenvalue weighted by atomic mass is 35.5. The van der Waals surface area contributed by atoms with E-state index < -0.39 is 12.6 Å². The summed E-state index contributed by atoms with van der Waals surface area (Å²) in [5, 5.41) is 15.0. The van der Waals surface area contributed by atoms with Gasteiger partial charge in [-0.3, -0.25) is 5.43 Å². The van der Waals surface area contributed by atoms with E-state index in [2.05, 4.69) is 15.3 Å².